The lowest BCUT2D eigenvalue weighted by atomic mass is 10.0. The number of piperidine rings is 1. The quantitative estimate of drug-likeness (QED) is 0.835. The average molecular weight is 290 g/mol. The molecule has 1 fully saturated rings. The predicted octanol–water partition coefficient (Wildman–Crippen LogP) is 3.13. The summed E-state index contributed by atoms with van der Waals surface area (Å²) in [5.41, 5.74) is 1.35. The summed E-state index contributed by atoms with van der Waals surface area (Å²) < 4.78 is 5.07. The Kier molecular flexibility index (Phi) is 6.05. The molecule has 4 heteroatoms. The number of amides is 1. The smallest absolute Gasteiger partial charge is 0.409 e. The Labute approximate surface area is 127 Å². The second kappa shape index (κ2) is 8.03. The summed E-state index contributed by atoms with van der Waals surface area (Å²) in [7, 11) is 0. The number of nitrogens with zero attached hydrogens (tertiary/aromatic N) is 2. The second-order valence-electron chi connectivity index (χ2n) is 5.47. The molecule has 1 aromatic rings. The van der Waals surface area contributed by atoms with Crippen molar-refractivity contribution < 1.29 is 9.53 Å². The number of rotatable bonds is 5. The molecular weight excluding hydrogens is 264 g/mol. The van der Waals surface area contributed by atoms with Crippen LogP contribution in [0.2, 0.25) is 0 Å². The molecule has 0 aromatic heterocycles. The van der Waals surface area contributed by atoms with E-state index in [9.17, 15) is 4.79 Å². The first-order valence-electron chi connectivity index (χ1n) is 7.94. The highest BCUT2D eigenvalue weighted by Gasteiger charge is 2.26. The lowest BCUT2D eigenvalue weighted by Crippen LogP contribution is -2.46. The van der Waals surface area contributed by atoms with E-state index in [0.29, 0.717) is 12.6 Å². The molecule has 0 unspecified atom stereocenters. The van der Waals surface area contributed by atoms with E-state index < -0.39 is 0 Å². The molecule has 1 amide bonds. The second-order valence-corrected chi connectivity index (χ2v) is 5.47. The van der Waals surface area contributed by atoms with Gasteiger partial charge in [0.2, 0.25) is 0 Å². The van der Waals surface area contributed by atoms with Crippen LogP contribution in [0.25, 0.3) is 0 Å². The Bertz CT molecular complexity index is 428. The summed E-state index contributed by atoms with van der Waals surface area (Å²) in [4.78, 5) is 16.1. The molecule has 1 heterocycles. The highest BCUT2D eigenvalue weighted by Crippen LogP contribution is 2.19. The SMILES string of the molecule is CCOC(=O)N1CCC(N(CC)Cc2ccccc2)CC1. The first kappa shape index (κ1) is 15.8. The summed E-state index contributed by atoms with van der Waals surface area (Å²) in [6, 6.07) is 11.1. The zero-order chi connectivity index (χ0) is 15.1. The zero-order valence-corrected chi connectivity index (χ0v) is 13.1. The summed E-state index contributed by atoms with van der Waals surface area (Å²) in [5, 5.41) is 0. The van der Waals surface area contributed by atoms with Crippen LogP contribution in [0.3, 0.4) is 0 Å². The number of carbonyl (C=O) groups excluding carboxylic acids is 1. The van der Waals surface area contributed by atoms with Crippen LogP contribution in [-0.2, 0) is 11.3 Å². The van der Waals surface area contributed by atoms with Gasteiger partial charge in [-0.1, -0.05) is 37.3 Å². The Balaban J connectivity index is 1.86. The van der Waals surface area contributed by atoms with E-state index in [-0.39, 0.29) is 6.09 Å². The number of hydrogen-bond acceptors (Lipinski definition) is 3. The monoisotopic (exact) mass is 290 g/mol. The first-order valence-corrected chi connectivity index (χ1v) is 7.94. The third-order valence-electron chi connectivity index (χ3n) is 4.14. The van der Waals surface area contributed by atoms with E-state index in [1.807, 2.05) is 11.8 Å². The van der Waals surface area contributed by atoms with Crippen molar-refractivity contribution in [3.05, 3.63) is 35.9 Å². The van der Waals surface area contributed by atoms with Gasteiger partial charge in [0.15, 0.2) is 0 Å². The average Bonchev–Trinajstić information content (AvgIpc) is 2.54. The maximum Gasteiger partial charge on any atom is 0.409 e. The van der Waals surface area contributed by atoms with Crippen LogP contribution >= 0.6 is 0 Å². The fourth-order valence-electron chi connectivity index (χ4n) is 2.95. The van der Waals surface area contributed by atoms with Crippen LogP contribution < -0.4 is 0 Å². The molecule has 2 rings (SSSR count). The number of likely N-dealkylation sites (tertiary alicyclic amines) is 1. The normalized spacial score (nSPS) is 16.2. The van der Waals surface area contributed by atoms with Crippen molar-refractivity contribution in [2.45, 2.75) is 39.3 Å². The maximum atomic E-state index is 11.7. The Morgan fingerprint density at radius 3 is 2.48 bits per heavy atom. The minimum Gasteiger partial charge on any atom is -0.450 e. The molecule has 116 valence electrons. The van der Waals surface area contributed by atoms with Crippen molar-refractivity contribution in [2.75, 3.05) is 26.2 Å². The van der Waals surface area contributed by atoms with Crippen molar-refractivity contribution >= 4 is 6.09 Å². The molecule has 0 radical (unpaired) electrons. The minimum absolute atomic E-state index is 0.165. The van der Waals surface area contributed by atoms with Gasteiger partial charge in [-0.3, -0.25) is 4.90 Å². The third-order valence-corrected chi connectivity index (χ3v) is 4.14. The van der Waals surface area contributed by atoms with Gasteiger partial charge in [0.25, 0.3) is 0 Å². The molecule has 0 aliphatic carbocycles. The van der Waals surface area contributed by atoms with Crippen LogP contribution in [-0.4, -0.2) is 48.2 Å². The van der Waals surface area contributed by atoms with Gasteiger partial charge < -0.3 is 9.64 Å². The van der Waals surface area contributed by atoms with Crippen LogP contribution in [0.5, 0.6) is 0 Å². The molecule has 0 saturated carbocycles. The molecule has 0 atom stereocenters. The van der Waals surface area contributed by atoms with Gasteiger partial charge in [-0.05, 0) is 31.9 Å². The minimum atomic E-state index is -0.165. The van der Waals surface area contributed by atoms with Gasteiger partial charge in [0, 0.05) is 25.7 Å². The summed E-state index contributed by atoms with van der Waals surface area (Å²) in [6.45, 7) is 8.14. The molecule has 1 saturated heterocycles. The standard InChI is InChI=1S/C17H26N2O2/c1-3-18(14-15-8-6-5-7-9-15)16-10-12-19(13-11-16)17(20)21-4-2/h5-9,16H,3-4,10-14H2,1-2H3. The van der Waals surface area contributed by atoms with E-state index in [4.69, 9.17) is 4.74 Å². The molecule has 1 aromatic carbocycles. The summed E-state index contributed by atoms with van der Waals surface area (Å²) in [5.74, 6) is 0. The van der Waals surface area contributed by atoms with Crippen molar-refractivity contribution in [1.29, 1.82) is 0 Å². The number of ether oxygens (including phenoxy) is 1. The van der Waals surface area contributed by atoms with E-state index in [2.05, 4.69) is 42.2 Å². The van der Waals surface area contributed by atoms with Gasteiger partial charge in [0.05, 0.1) is 6.61 Å². The summed E-state index contributed by atoms with van der Waals surface area (Å²) in [6.07, 6.45) is 1.89. The summed E-state index contributed by atoms with van der Waals surface area (Å²) >= 11 is 0. The predicted molar refractivity (Wildman–Crippen MR) is 84.1 cm³/mol. The van der Waals surface area contributed by atoms with Gasteiger partial charge in [-0.25, -0.2) is 4.79 Å². The van der Waals surface area contributed by atoms with Crippen LogP contribution in [0, 0.1) is 0 Å². The van der Waals surface area contributed by atoms with Crippen molar-refractivity contribution in [1.82, 2.24) is 9.80 Å². The topological polar surface area (TPSA) is 32.8 Å². The molecule has 0 bridgehead atoms. The molecule has 4 nitrogen and oxygen atoms in total. The number of benzene rings is 1. The zero-order valence-electron chi connectivity index (χ0n) is 13.1. The van der Waals surface area contributed by atoms with Gasteiger partial charge >= 0.3 is 6.09 Å². The molecule has 1 aliphatic rings. The lowest BCUT2D eigenvalue weighted by molar-refractivity contribution is 0.0740. The van der Waals surface area contributed by atoms with Gasteiger partial charge in [0.1, 0.15) is 0 Å². The molecule has 0 N–H and O–H groups in total. The highest BCUT2D eigenvalue weighted by molar-refractivity contribution is 5.67. The maximum absolute atomic E-state index is 11.7. The largest absolute Gasteiger partial charge is 0.450 e. The van der Waals surface area contributed by atoms with E-state index >= 15 is 0 Å². The Morgan fingerprint density at radius 1 is 1.24 bits per heavy atom. The van der Waals surface area contributed by atoms with Gasteiger partial charge in [-0.2, -0.15) is 0 Å². The Hall–Kier alpha value is -1.55. The van der Waals surface area contributed by atoms with Crippen molar-refractivity contribution in [2.24, 2.45) is 0 Å². The highest BCUT2D eigenvalue weighted by atomic mass is 16.6. The third kappa shape index (κ3) is 4.46. The number of carbonyl (C=O) groups is 1. The van der Waals surface area contributed by atoms with E-state index in [1.165, 1.54) is 5.56 Å². The lowest BCUT2D eigenvalue weighted by Gasteiger charge is -2.37. The van der Waals surface area contributed by atoms with Crippen molar-refractivity contribution in [3.8, 4) is 0 Å². The van der Waals surface area contributed by atoms with Crippen LogP contribution in [0.4, 0.5) is 4.79 Å². The number of hydrogen-bond donors (Lipinski definition) is 0. The molecule has 21 heavy (non-hydrogen) atoms. The molecule has 1 aliphatic heterocycles. The van der Waals surface area contributed by atoms with Crippen molar-refractivity contribution in [3.63, 3.8) is 0 Å². The van der Waals surface area contributed by atoms with Crippen LogP contribution in [0.15, 0.2) is 30.3 Å². The van der Waals surface area contributed by atoms with Crippen LogP contribution in [0.1, 0.15) is 32.3 Å². The van der Waals surface area contributed by atoms with E-state index in [1.54, 1.807) is 0 Å². The molecule has 0 spiro atoms. The van der Waals surface area contributed by atoms with Gasteiger partial charge in [-0.15, -0.1) is 0 Å². The Morgan fingerprint density at radius 2 is 1.90 bits per heavy atom. The van der Waals surface area contributed by atoms with E-state index in [0.717, 1.165) is 39.0 Å². The first-order chi connectivity index (χ1) is 10.2. The fourth-order valence-corrected chi connectivity index (χ4v) is 2.95. The fraction of sp³-hybridized carbons (Fsp3) is 0.588. The molecular formula is C17H26N2O2.